The third-order valence-electron chi connectivity index (χ3n) is 4.59. The second-order valence-corrected chi connectivity index (χ2v) is 7.35. The molecule has 0 unspecified atom stereocenters. The van der Waals surface area contributed by atoms with E-state index in [0.29, 0.717) is 6.61 Å². The molecule has 0 saturated heterocycles. The number of aromatic nitrogens is 2. The number of nitrogens with zero attached hydrogens (tertiary/aromatic N) is 2. The van der Waals surface area contributed by atoms with E-state index in [2.05, 4.69) is 50.8 Å². The van der Waals surface area contributed by atoms with Gasteiger partial charge in [-0.2, -0.15) is 0 Å². The van der Waals surface area contributed by atoms with E-state index in [-0.39, 0.29) is 0 Å². The van der Waals surface area contributed by atoms with Crippen LogP contribution in [-0.2, 0) is 6.54 Å². The van der Waals surface area contributed by atoms with E-state index in [0.717, 1.165) is 51.4 Å². The first-order chi connectivity index (χ1) is 13.8. The molecule has 0 atom stereocenters. The van der Waals surface area contributed by atoms with Crippen LogP contribution in [0.25, 0.3) is 22.4 Å². The van der Waals surface area contributed by atoms with Gasteiger partial charge in [-0.25, -0.2) is 4.98 Å². The average Bonchev–Trinajstić information content (AvgIpc) is 3.10. The van der Waals surface area contributed by atoms with Crippen molar-refractivity contribution in [3.63, 3.8) is 0 Å². The Morgan fingerprint density at radius 2 is 1.71 bits per heavy atom. The lowest BCUT2D eigenvalue weighted by atomic mass is 10.2. The molecule has 0 saturated carbocycles. The summed E-state index contributed by atoms with van der Waals surface area (Å²) in [5, 5.41) is 0. The molecule has 142 valence electrons. The lowest BCUT2D eigenvalue weighted by Gasteiger charge is -2.12. The molecule has 0 fully saturated rings. The van der Waals surface area contributed by atoms with Crippen LogP contribution in [0.5, 0.6) is 11.5 Å². The first kappa shape index (κ1) is 18.6. The predicted octanol–water partition coefficient (Wildman–Crippen LogP) is 5.94. The van der Waals surface area contributed by atoms with Crippen molar-refractivity contribution in [1.29, 1.82) is 0 Å². The van der Waals surface area contributed by atoms with E-state index >= 15 is 0 Å². The zero-order valence-corrected chi connectivity index (χ0v) is 17.2. The first-order valence-corrected chi connectivity index (χ1v) is 10.0. The van der Waals surface area contributed by atoms with Crippen molar-refractivity contribution < 1.29 is 9.47 Å². The molecule has 28 heavy (non-hydrogen) atoms. The third kappa shape index (κ3) is 3.90. The Hall–Kier alpha value is -2.79. The maximum atomic E-state index is 5.94. The number of rotatable bonds is 7. The molecule has 0 bridgehead atoms. The maximum absolute atomic E-state index is 5.94. The number of benzene rings is 3. The molecule has 0 spiro atoms. The van der Waals surface area contributed by atoms with E-state index in [1.807, 2.05) is 42.5 Å². The summed E-state index contributed by atoms with van der Waals surface area (Å²) in [6.07, 6.45) is 0.861. The number of halogens is 1. The van der Waals surface area contributed by atoms with E-state index in [1.54, 1.807) is 7.11 Å². The highest BCUT2D eigenvalue weighted by molar-refractivity contribution is 9.10. The number of ether oxygens (including phenoxy) is 2. The summed E-state index contributed by atoms with van der Waals surface area (Å²) in [6.45, 7) is 1.42. The Balaban J connectivity index is 1.55. The van der Waals surface area contributed by atoms with Crippen molar-refractivity contribution in [1.82, 2.24) is 9.55 Å². The van der Waals surface area contributed by atoms with Crippen LogP contribution in [0.3, 0.4) is 0 Å². The summed E-state index contributed by atoms with van der Waals surface area (Å²) >= 11 is 3.56. The normalized spacial score (nSPS) is 10.9. The average molecular weight is 437 g/mol. The second kappa shape index (κ2) is 8.48. The number of methoxy groups -OCH3 is 1. The van der Waals surface area contributed by atoms with Crippen LogP contribution < -0.4 is 9.47 Å². The molecule has 0 N–H and O–H groups in total. The van der Waals surface area contributed by atoms with Crippen LogP contribution in [0.15, 0.2) is 77.3 Å². The topological polar surface area (TPSA) is 36.3 Å². The van der Waals surface area contributed by atoms with Gasteiger partial charge < -0.3 is 14.0 Å². The molecule has 0 aliphatic heterocycles. The van der Waals surface area contributed by atoms with Crippen LogP contribution in [0.1, 0.15) is 6.42 Å². The smallest absolute Gasteiger partial charge is 0.161 e. The fraction of sp³-hybridized carbons (Fsp3) is 0.174. The van der Waals surface area contributed by atoms with E-state index < -0.39 is 0 Å². The molecule has 0 radical (unpaired) electrons. The minimum atomic E-state index is 0.602. The molecule has 0 aliphatic rings. The number of para-hydroxylation sites is 4. The van der Waals surface area contributed by atoms with Gasteiger partial charge in [0.05, 0.1) is 24.8 Å². The fourth-order valence-corrected chi connectivity index (χ4v) is 3.69. The van der Waals surface area contributed by atoms with Gasteiger partial charge in [0.25, 0.3) is 0 Å². The summed E-state index contributed by atoms with van der Waals surface area (Å²) < 4.78 is 14.6. The number of aryl methyl sites for hydroxylation is 1. The van der Waals surface area contributed by atoms with Crippen molar-refractivity contribution >= 4 is 27.0 Å². The van der Waals surface area contributed by atoms with Crippen LogP contribution in [0.2, 0.25) is 0 Å². The Morgan fingerprint density at radius 3 is 2.54 bits per heavy atom. The van der Waals surface area contributed by atoms with Gasteiger partial charge >= 0.3 is 0 Å². The van der Waals surface area contributed by atoms with Crippen molar-refractivity contribution in [2.45, 2.75) is 13.0 Å². The standard InChI is InChI=1S/C23H21BrN2O2/c1-27-21-12-4-5-13-22(21)28-15-7-14-26-20-11-3-2-10-19(20)25-23(26)17-8-6-9-18(24)16-17/h2-6,8-13,16H,7,14-15H2,1H3. The van der Waals surface area contributed by atoms with Gasteiger partial charge in [-0.3, -0.25) is 0 Å². The summed E-state index contributed by atoms with van der Waals surface area (Å²) in [6, 6.07) is 24.2. The van der Waals surface area contributed by atoms with Gasteiger partial charge in [0, 0.05) is 16.6 Å². The van der Waals surface area contributed by atoms with E-state index in [9.17, 15) is 0 Å². The molecular formula is C23H21BrN2O2. The summed E-state index contributed by atoms with van der Waals surface area (Å²) in [5.74, 6) is 2.50. The lowest BCUT2D eigenvalue weighted by Crippen LogP contribution is -2.06. The van der Waals surface area contributed by atoms with Gasteiger partial charge in [0.15, 0.2) is 11.5 Å². The molecule has 4 aromatic rings. The van der Waals surface area contributed by atoms with Crippen molar-refractivity contribution in [3.05, 3.63) is 77.3 Å². The monoisotopic (exact) mass is 436 g/mol. The highest BCUT2D eigenvalue weighted by Crippen LogP contribution is 2.28. The molecule has 4 nitrogen and oxygen atoms in total. The molecule has 1 heterocycles. The molecule has 5 heteroatoms. The minimum Gasteiger partial charge on any atom is -0.493 e. The fourth-order valence-electron chi connectivity index (χ4n) is 3.29. The van der Waals surface area contributed by atoms with Gasteiger partial charge in [-0.15, -0.1) is 0 Å². The van der Waals surface area contributed by atoms with Crippen LogP contribution >= 0.6 is 15.9 Å². The summed E-state index contributed by atoms with van der Waals surface area (Å²) in [4.78, 5) is 4.87. The Labute approximate surface area is 172 Å². The highest BCUT2D eigenvalue weighted by atomic mass is 79.9. The largest absolute Gasteiger partial charge is 0.493 e. The van der Waals surface area contributed by atoms with Crippen molar-refractivity contribution in [3.8, 4) is 22.9 Å². The SMILES string of the molecule is COc1ccccc1OCCCn1c(-c2cccc(Br)c2)nc2ccccc21. The zero-order chi connectivity index (χ0) is 19.3. The lowest BCUT2D eigenvalue weighted by molar-refractivity contribution is 0.283. The van der Waals surface area contributed by atoms with Gasteiger partial charge in [-0.1, -0.05) is 52.3 Å². The van der Waals surface area contributed by atoms with E-state index in [1.165, 1.54) is 0 Å². The molecule has 3 aromatic carbocycles. The number of hydrogen-bond acceptors (Lipinski definition) is 3. The van der Waals surface area contributed by atoms with Crippen molar-refractivity contribution in [2.75, 3.05) is 13.7 Å². The zero-order valence-electron chi connectivity index (χ0n) is 15.6. The maximum Gasteiger partial charge on any atom is 0.161 e. The Bertz CT molecular complexity index is 1090. The summed E-state index contributed by atoms with van der Waals surface area (Å²) in [5.41, 5.74) is 3.23. The predicted molar refractivity (Wildman–Crippen MR) is 116 cm³/mol. The number of hydrogen-bond donors (Lipinski definition) is 0. The van der Waals surface area contributed by atoms with Crippen LogP contribution in [0.4, 0.5) is 0 Å². The second-order valence-electron chi connectivity index (χ2n) is 6.44. The number of imidazole rings is 1. The summed E-state index contributed by atoms with van der Waals surface area (Å²) in [7, 11) is 1.66. The van der Waals surface area contributed by atoms with Crippen LogP contribution in [-0.4, -0.2) is 23.3 Å². The Morgan fingerprint density at radius 1 is 0.929 bits per heavy atom. The molecular weight excluding hydrogens is 416 g/mol. The van der Waals surface area contributed by atoms with Gasteiger partial charge in [0.1, 0.15) is 5.82 Å². The third-order valence-corrected chi connectivity index (χ3v) is 5.08. The van der Waals surface area contributed by atoms with Crippen molar-refractivity contribution in [2.24, 2.45) is 0 Å². The number of fused-ring (bicyclic) bond motifs is 1. The molecule has 1 aromatic heterocycles. The first-order valence-electron chi connectivity index (χ1n) is 9.23. The van der Waals surface area contributed by atoms with Gasteiger partial charge in [-0.05, 0) is 42.8 Å². The quantitative estimate of drug-likeness (QED) is 0.336. The molecule has 4 rings (SSSR count). The molecule has 0 aliphatic carbocycles. The highest BCUT2D eigenvalue weighted by Gasteiger charge is 2.12. The minimum absolute atomic E-state index is 0.602. The van der Waals surface area contributed by atoms with Crippen LogP contribution in [0, 0.1) is 0 Å². The van der Waals surface area contributed by atoms with E-state index in [4.69, 9.17) is 14.5 Å². The Kier molecular flexibility index (Phi) is 5.63. The van der Waals surface area contributed by atoms with Gasteiger partial charge in [0.2, 0.25) is 0 Å². The molecule has 0 amide bonds.